The van der Waals surface area contributed by atoms with E-state index in [9.17, 15) is 14.4 Å². The highest BCUT2D eigenvalue weighted by Crippen LogP contribution is 2.34. The number of alkyl halides is 3. The van der Waals surface area contributed by atoms with E-state index in [2.05, 4.69) is 5.32 Å². The van der Waals surface area contributed by atoms with Gasteiger partial charge >= 0.3 is 5.97 Å². The molecule has 0 bridgehead atoms. The number of thiocarbonyl (C=S) groups is 1. The van der Waals surface area contributed by atoms with Crippen LogP contribution in [-0.2, 0) is 14.4 Å². The molecule has 168 valence electrons. The summed E-state index contributed by atoms with van der Waals surface area (Å²) in [5, 5.41) is 11.3. The van der Waals surface area contributed by atoms with Crippen molar-refractivity contribution in [2.24, 2.45) is 5.92 Å². The molecule has 2 amide bonds. The molecule has 7 nitrogen and oxygen atoms in total. The van der Waals surface area contributed by atoms with Gasteiger partial charge in [-0.1, -0.05) is 84.8 Å². The fourth-order valence-electron chi connectivity index (χ4n) is 2.30. The molecule has 31 heavy (non-hydrogen) atoms. The number of rotatable bonds is 8. The molecular formula is C19H19Cl3N2O5S2. The molecule has 2 N–H and O–H groups in total. The van der Waals surface area contributed by atoms with E-state index in [1.165, 1.54) is 4.90 Å². The molecule has 0 unspecified atom stereocenters. The molecule has 12 heteroatoms. The van der Waals surface area contributed by atoms with Crippen LogP contribution >= 0.6 is 58.8 Å². The molecule has 0 aromatic heterocycles. The van der Waals surface area contributed by atoms with E-state index in [4.69, 9.17) is 56.9 Å². The Morgan fingerprint density at radius 1 is 1.29 bits per heavy atom. The number of carboxylic acids is 1. The Labute approximate surface area is 204 Å². The largest absolute Gasteiger partial charge is 0.481 e. The molecule has 1 atom stereocenters. The summed E-state index contributed by atoms with van der Waals surface area (Å²) in [6.45, 7) is 3.42. The Hall–Kier alpha value is -1.52. The van der Waals surface area contributed by atoms with Gasteiger partial charge in [-0.25, -0.2) is 0 Å². The number of halogens is 3. The van der Waals surface area contributed by atoms with Gasteiger partial charge in [-0.15, -0.1) is 0 Å². The second kappa shape index (κ2) is 10.9. The zero-order chi connectivity index (χ0) is 23.3. The fraction of sp³-hybridized carbons (Fsp3) is 0.368. The van der Waals surface area contributed by atoms with Gasteiger partial charge in [-0.05, 0) is 23.8 Å². The van der Waals surface area contributed by atoms with Crippen molar-refractivity contribution in [3.63, 3.8) is 0 Å². The minimum absolute atomic E-state index is 0.0185. The molecule has 0 spiro atoms. The number of carbonyl (C=O) groups excluding carboxylic acids is 2. The Bertz CT molecular complexity index is 901. The van der Waals surface area contributed by atoms with Crippen molar-refractivity contribution in [2.45, 2.75) is 30.3 Å². The predicted octanol–water partition coefficient (Wildman–Crippen LogP) is 4.21. The van der Waals surface area contributed by atoms with Gasteiger partial charge in [0.2, 0.25) is 15.9 Å². The number of hydrogen-bond donors (Lipinski definition) is 2. The maximum Gasteiger partial charge on any atom is 0.305 e. The number of nitrogens with zero attached hydrogens (tertiary/aromatic N) is 1. The fourth-order valence-corrected chi connectivity index (χ4v) is 3.91. The number of thioether (sulfide) groups is 1. The van der Waals surface area contributed by atoms with Crippen LogP contribution in [0, 0.1) is 5.92 Å². The quantitative estimate of drug-likeness (QED) is 0.227. The SMILES string of the molecule is CC(C)C(=O)N[C@H](Oc1ccc(/C=C2\SC(=S)N(CCC(=O)O)C2=O)cc1)C(Cl)(Cl)Cl. The van der Waals surface area contributed by atoms with Crippen molar-refractivity contribution in [2.75, 3.05) is 6.54 Å². The van der Waals surface area contributed by atoms with E-state index in [1.54, 1.807) is 44.2 Å². The monoisotopic (exact) mass is 524 g/mol. The molecule has 1 saturated heterocycles. The van der Waals surface area contributed by atoms with Crippen LogP contribution in [0.1, 0.15) is 25.8 Å². The first-order valence-corrected chi connectivity index (χ1v) is 11.4. The number of aliphatic carboxylic acids is 1. The summed E-state index contributed by atoms with van der Waals surface area (Å²) >= 11 is 24.0. The predicted molar refractivity (Wildman–Crippen MR) is 126 cm³/mol. The third-order valence-electron chi connectivity index (χ3n) is 3.95. The van der Waals surface area contributed by atoms with Gasteiger partial charge in [0.15, 0.2) is 0 Å². The molecule has 0 radical (unpaired) electrons. The maximum atomic E-state index is 12.5. The van der Waals surface area contributed by atoms with Crippen LogP contribution in [0.15, 0.2) is 29.2 Å². The number of hydrogen-bond acceptors (Lipinski definition) is 6. The molecule has 1 aliphatic heterocycles. The van der Waals surface area contributed by atoms with Crippen LogP contribution in [0.5, 0.6) is 5.75 Å². The van der Waals surface area contributed by atoms with Crippen LogP contribution in [0.3, 0.4) is 0 Å². The van der Waals surface area contributed by atoms with Crippen molar-refractivity contribution >= 4 is 87.0 Å². The van der Waals surface area contributed by atoms with Crippen molar-refractivity contribution in [1.82, 2.24) is 10.2 Å². The van der Waals surface area contributed by atoms with Crippen molar-refractivity contribution in [3.05, 3.63) is 34.7 Å². The third-order valence-corrected chi connectivity index (χ3v) is 5.92. The summed E-state index contributed by atoms with van der Waals surface area (Å²) in [5.41, 5.74) is 0.683. The van der Waals surface area contributed by atoms with Crippen molar-refractivity contribution in [3.8, 4) is 5.75 Å². The summed E-state index contributed by atoms with van der Waals surface area (Å²) < 4.78 is 4.04. The van der Waals surface area contributed by atoms with Gasteiger partial charge in [0.1, 0.15) is 10.1 Å². The number of benzene rings is 1. The maximum absolute atomic E-state index is 12.5. The van der Waals surface area contributed by atoms with Gasteiger partial charge in [-0.3, -0.25) is 19.3 Å². The van der Waals surface area contributed by atoms with Gasteiger partial charge in [0.05, 0.1) is 11.3 Å². The first kappa shape index (κ1) is 25.7. The lowest BCUT2D eigenvalue weighted by Crippen LogP contribution is -2.49. The highest BCUT2D eigenvalue weighted by molar-refractivity contribution is 8.26. The van der Waals surface area contributed by atoms with E-state index >= 15 is 0 Å². The molecule has 0 saturated carbocycles. The highest BCUT2D eigenvalue weighted by atomic mass is 35.6. The molecule has 2 rings (SSSR count). The summed E-state index contributed by atoms with van der Waals surface area (Å²) in [6, 6.07) is 6.56. The Morgan fingerprint density at radius 2 is 1.90 bits per heavy atom. The molecule has 1 fully saturated rings. The highest BCUT2D eigenvalue weighted by Gasteiger charge is 2.36. The lowest BCUT2D eigenvalue weighted by molar-refractivity contribution is -0.137. The van der Waals surface area contributed by atoms with Gasteiger partial charge in [-0.2, -0.15) is 0 Å². The molecular weight excluding hydrogens is 507 g/mol. The van der Waals surface area contributed by atoms with Crippen LogP contribution < -0.4 is 10.1 Å². The Balaban J connectivity index is 2.10. The van der Waals surface area contributed by atoms with E-state index in [-0.39, 0.29) is 30.7 Å². The number of amides is 2. The summed E-state index contributed by atoms with van der Waals surface area (Å²) in [4.78, 5) is 36.8. The average Bonchev–Trinajstić information content (AvgIpc) is 2.92. The number of nitrogens with one attached hydrogen (secondary N) is 1. The zero-order valence-corrected chi connectivity index (χ0v) is 20.3. The minimum Gasteiger partial charge on any atom is -0.481 e. The molecule has 0 aliphatic carbocycles. The molecule has 1 aromatic carbocycles. The molecule has 1 heterocycles. The second-order valence-corrected chi connectivity index (χ2v) is 10.8. The number of carbonyl (C=O) groups is 3. The van der Waals surface area contributed by atoms with Gasteiger partial charge in [0.25, 0.3) is 5.91 Å². The van der Waals surface area contributed by atoms with Crippen LogP contribution in [-0.4, -0.2) is 48.7 Å². The lowest BCUT2D eigenvalue weighted by atomic mass is 10.2. The van der Waals surface area contributed by atoms with E-state index in [0.717, 1.165) is 11.8 Å². The lowest BCUT2D eigenvalue weighted by Gasteiger charge is -2.27. The smallest absolute Gasteiger partial charge is 0.305 e. The van der Waals surface area contributed by atoms with E-state index in [0.29, 0.717) is 20.5 Å². The molecule has 1 aromatic rings. The second-order valence-electron chi connectivity index (χ2n) is 6.75. The number of ether oxygens (including phenoxy) is 1. The van der Waals surface area contributed by atoms with Crippen LogP contribution in [0.2, 0.25) is 0 Å². The van der Waals surface area contributed by atoms with Gasteiger partial charge < -0.3 is 15.2 Å². The summed E-state index contributed by atoms with van der Waals surface area (Å²) in [6.07, 6.45) is 0.240. The third kappa shape index (κ3) is 7.54. The molecule has 1 aliphatic rings. The summed E-state index contributed by atoms with van der Waals surface area (Å²) in [7, 11) is 0. The standard InChI is InChI=1S/C19H19Cl3N2O5S2/c1-10(2)15(27)23-17(19(20,21)22)29-12-5-3-11(4-6-12)9-13-16(28)24(18(30)31-13)8-7-14(25)26/h3-6,9-10,17H,7-8H2,1-2H3,(H,23,27)(H,25,26)/b13-9-/t17-/m1/s1. The first-order valence-electron chi connectivity index (χ1n) is 8.99. The Morgan fingerprint density at radius 3 is 2.42 bits per heavy atom. The van der Waals surface area contributed by atoms with Gasteiger partial charge in [0, 0.05) is 12.5 Å². The minimum atomic E-state index is -1.90. The van der Waals surface area contributed by atoms with E-state index < -0.39 is 16.0 Å². The number of carboxylic acid groups (broad SMARTS) is 1. The van der Waals surface area contributed by atoms with E-state index in [1.807, 2.05) is 0 Å². The van der Waals surface area contributed by atoms with Crippen LogP contribution in [0.25, 0.3) is 6.08 Å². The normalized spacial score (nSPS) is 16.7. The van der Waals surface area contributed by atoms with Crippen LogP contribution in [0.4, 0.5) is 0 Å². The first-order chi connectivity index (χ1) is 14.4. The van der Waals surface area contributed by atoms with Crippen molar-refractivity contribution < 1.29 is 24.2 Å². The topological polar surface area (TPSA) is 95.9 Å². The summed E-state index contributed by atoms with van der Waals surface area (Å²) in [5.74, 6) is -1.67. The average molecular weight is 526 g/mol. The zero-order valence-electron chi connectivity index (χ0n) is 16.4. The van der Waals surface area contributed by atoms with Crippen molar-refractivity contribution in [1.29, 1.82) is 0 Å². The Kier molecular flexibility index (Phi) is 9.03.